The van der Waals surface area contributed by atoms with Crippen molar-refractivity contribution in [2.24, 2.45) is 5.92 Å². The zero-order chi connectivity index (χ0) is 20.8. The highest BCUT2D eigenvalue weighted by Crippen LogP contribution is 2.33. The number of halogens is 1. The van der Waals surface area contributed by atoms with E-state index < -0.39 is 0 Å². The summed E-state index contributed by atoms with van der Waals surface area (Å²) in [6.45, 7) is 4.42. The highest BCUT2D eigenvalue weighted by Gasteiger charge is 2.23. The Morgan fingerprint density at radius 1 is 1.10 bits per heavy atom. The van der Waals surface area contributed by atoms with E-state index in [0.717, 1.165) is 67.6 Å². The van der Waals surface area contributed by atoms with Crippen LogP contribution < -0.4 is 10.1 Å². The van der Waals surface area contributed by atoms with Gasteiger partial charge in [-0.05, 0) is 85.4 Å². The summed E-state index contributed by atoms with van der Waals surface area (Å²) in [7, 11) is 1.63. The maximum Gasteiger partial charge on any atom is 0.255 e. The molecule has 0 heterocycles. The van der Waals surface area contributed by atoms with E-state index in [4.69, 9.17) is 4.74 Å². The van der Waals surface area contributed by atoms with Gasteiger partial charge in [0.05, 0.1) is 12.7 Å². The monoisotopic (exact) mass is 397 g/mol. The minimum Gasteiger partial charge on any atom is -0.496 e. The first-order chi connectivity index (χ1) is 14.0. The van der Waals surface area contributed by atoms with Crippen molar-refractivity contribution in [3.63, 3.8) is 0 Å². The third kappa shape index (κ3) is 5.37. The molecule has 1 fully saturated rings. The van der Waals surface area contributed by atoms with Gasteiger partial charge in [0.15, 0.2) is 0 Å². The van der Waals surface area contributed by atoms with Crippen LogP contribution in [0.5, 0.6) is 5.75 Å². The third-order valence-electron chi connectivity index (χ3n) is 5.94. The van der Waals surface area contributed by atoms with Gasteiger partial charge >= 0.3 is 0 Å². The fourth-order valence-electron chi connectivity index (χ4n) is 4.13. The molecule has 3 rings (SSSR count). The van der Waals surface area contributed by atoms with Crippen molar-refractivity contribution in [1.29, 1.82) is 0 Å². The number of hydrogen-bond donors (Lipinski definition) is 1. The number of amides is 1. The zero-order valence-electron chi connectivity index (χ0n) is 17.8. The molecule has 1 amide bonds. The lowest BCUT2D eigenvalue weighted by molar-refractivity contribution is 0.0919. The molecular weight excluding hydrogens is 365 g/mol. The molecule has 0 saturated heterocycles. The average Bonchev–Trinajstić information content (AvgIpc) is 2.73. The van der Waals surface area contributed by atoms with Gasteiger partial charge in [-0.25, -0.2) is 4.39 Å². The van der Waals surface area contributed by atoms with Crippen LogP contribution >= 0.6 is 0 Å². The molecule has 3 nitrogen and oxygen atoms in total. The van der Waals surface area contributed by atoms with Crippen molar-refractivity contribution >= 4 is 5.91 Å². The van der Waals surface area contributed by atoms with Gasteiger partial charge in [0.25, 0.3) is 5.91 Å². The molecule has 4 heteroatoms. The highest BCUT2D eigenvalue weighted by atomic mass is 19.1. The Morgan fingerprint density at radius 3 is 2.41 bits per heavy atom. The van der Waals surface area contributed by atoms with E-state index in [1.807, 2.05) is 6.07 Å². The Morgan fingerprint density at radius 2 is 1.79 bits per heavy atom. The fraction of sp³-hybridized carbons (Fsp3) is 0.480. The van der Waals surface area contributed by atoms with Crippen LogP contribution in [-0.4, -0.2) is 19.1 Å². The molecule has 0 aromatic heterocycles. The van der Waals surface area contributed by atoms with E-state index in [-0.39, 0.29) is 17.8 Å². The van der Waals surface area contributed by atoms with Crippen LogP contribution in [0, 0.1) is 11.7 Å². The first kappa shape index (κ1) is 21.4. The van der Waals surface area contributed by atoms with Crippen LogP contribution in [0.4, 0.5) is 4.39 Å². The molecule has 0 spiro atoms. The van der Waals surface area contributed by atoms with Crippen LogP contribution in [0.2, 0.25) is 0 Å². The Bertz CT molecular complexity index is 823. The second-order valence-electron chi connectivity index (χ2n) is 8.26. The smallest absolute Gasteiger partial charge is 0.255 e. The largest absolute Gasteiger partial charge is 0.496 e. The molecular formula is C25H32FNO2. The Hall–Kier alpha value is -2.36. The predicted octanol–water partition coefficient (Wildman–Crippen LogP) is 6.15. The van der Waals surface area contributed by atoms with Crippen molar-refractivity contribution in [2.45, 2.75) is 64.8 Å². The molecule has 0 bridgehead atoms. The average molecular weight is 398 g/mol. The van der Waals surface area contributed by atoms with E-state index in [2.05, 4.69) is 25.2 Å². The first-order valence-electron chi connectivity index (χ1n) is 10.8. The molecule has 2 aromatic rings. The number of unbranched alkanes of at least 4 members (excludes halogenated alkanes) is 1. The van der Waals surface area contributed by atoms with E-state index in [9.17, 15) is 9.18 Å². The molecule has 0 radical (unpaired) electrons. The molecule has 29 heavy (non-hydrogen) atoms. The van der Waals surface area contributed by atoms with Gasteiger partial charge in [-0.2, -0.15) is 0 Å². The van der Waals surface area contributed by atoms with E-state index >= 15 is 0 Å². The maximum atomic E-state index is 13.4. The summed E-state index contributed by atoms with van der Waals surface area (Å²) < 4.78 is 19.1. The summed E-state index contributed by atoms with van der Waals surface area (Å²) in [5, 5.41) is 3.22. The van der Waals surface area contributed by atoms with E-state index in [0.29, 0.717) is 11.3 Å². The minimum atomic E-state index is -0.266. The van der Waals surface area contributed by atoms with Crippen molar-refractivity contribution in [3.8, 4) is 16.9 Å². The van der Waals surface area contributed by atoms with Crippen molar-refractivity contribution in [2.75, 3.05) is 7.11 Å². The van der Waals surface area contributed by atoms with Gasteiger partial charge in [-0.3, -0.25) is 4.79 Å². The van der Waals surface area contributed by atoms with E-state index in [1.54, 1.807) is 19.2 Å². The number of carbonyl (C=O) groups is 1. The summed E-state index contributed by atoms with van der Waals surface area (Å²) in [4.78, 5) is 13.2. The number of carbonyl (C=O) groups excluding carboxylic acids is 1. The van der Waals surface area contributed by atoms with Gasteiger partial charge in [0.2, 0.25) is 0 Å². The van der Waals surface area contributed by atoms with Crippen molar-refractivity contribution in [3.05, 3.63) is 53.3 Å². The summed E-state index contributed by atoms with van der Waals surface area (Å²) in [6, 6.07) is 10.6. The predicted molar refractivity (Wildman–Crippen MR) is 116 cm³/mol. The number of benzene rings is 2. The quantitative estimate of drug-likeness (QED) is 0.608. The zero-order valence-corrected chi connectivity index (χ0v) is 17.8. The normalized spacial score (nSPS) is 19.0. The summed E-state index contributed by atoms with van der Waals surface area (Å²) in [6.07, 6.45) is 7.27. The van der Waals surface area contributed by atoms with Crippen molar-refractivity contribution < 1.29 is 13.9 Å². The van der Waals surface area contributed by atoms with Gasteiger partial charge in [0, 0.05) is 6.04 Å². The highest BCUT2D eigenvalue weighted by molar-refractivity contribution is 5.99. The molecule has 1 aliphatic rings. The Balaban J connectivity index is 1.95. The van der Waals surface area contributed by atoms with Crippen LogP contribution in [0.3, 0.4) is 0 Å². The van der Waals surface area contributed by atoms with Crippen LogP contribution in [-0.2, 0) is 6.42 Å². The molecule has 2 aromatic carbocycles. The number of aryl methyl sites for hydroxylation is 1. The SMILES string of the molecule is CCCCc1cc(-c2ccc(F)cc2)cc(C(=O)NC2CCC(C)CC2)c1OC. The second kappa shape index (κ2) is 9.91. The molecule has 0 atom stereocenters. The molecule has 0 aliphatic heterocycles. The Labute approximate surface area is 173 Å². The minimum absolute atomic E-state index is 0.0805. The third-order valence-corrected chi connectivity index (χ3v) is 5.94. The molecule has 156 valence electrons. The lowest BCUT2D eigenvalue weighted by atomic mass is 9.87. The van der Waals surface area contributed by atoms with E-state index in [1.165, 1.54) is 12.1 Å². The molecule has 1 saturated carbocycles. The number of hydrogen-bond acceptors (Lipinski definition) is 2. The number of nitrogens with one attached hydrogen (secondary N) is 1. The topological polar surface area (TPSA) is 38.3 Å². The standard InChI is InChI=1S/C25H32FNO2/c1-4-5-6-19-15-20(18-9-11-21(26)12-10-18)16-23(24(19)29-3)25(28)27-22-13-7-17(2)8-14-22/h9-12,15-17,22H,4-8,13-14H2,1-3H3,(H,27,28). The lowest BCUT2D eigenvalue weighted by Gasteiger charge is -2.27. The molecule has 1 N–H and O–H groups in total. The lowest BCUT2D eigenvalue weighted by Crippen LogP contribution is -2.37. The number of rotatable bonds is 7. The number of ether oxygens (including phenoxy) is 1. The summed E-state index contributed by atoms with van der Waals surface area (Å²) in [5.74, 6) is 1.05. The van der Waals surface area contributed by atoms with Gasteiger partial charge < -0.3 is 10.1 Å². The van der Waals surface area contributed by atoms with Gasteiger partial charge in [0.1, 0.15) is 11.6 Å². The van der Waals surface area contributed by atoms with Gasteiger partial charge in [-0.1, -0.05) is 32.4 Å². The van der Waals surface area contributed by atoms with Crippen molar-refractivity contribution in [1.82, 2.24) is 5.32 Å². The first-order valence-corrected chi connectivity index (χ1v) is 10.8. The van der Waals surface area contributed by atoms with Crippen LogP contribution in [0.15, 0.2) is 36.4 Å². The summed E-state index contributed by atoms with van der Waals surface area (Å²) in [5.41, 5.74) is 3.41. The number of methoxy groups -OCH3 is 1. The van der Waals surface area contributed by atoms with Gasteiger partial charge in [-0.15, -0.1) is 0 Å². The van der Waals surface area contributed by atoms with Crippen LogP contribution in [0.1, 0.15) is 68.3 Å². The van der Waals surface area contributed by atoms with Crippen LogP contribution in [0.25, 0.3) is 11.1 Å². The second-order valence-corrected chi connectivity index (χ2v) is 8.26. The Kier molecular flexibility index (Phi) is 7.29. The maximum absolute atomic E-state index is 13.4. The molecule has 1 aliphatic carbocycles. The molecule has 0 unspecified atom stereocenters. The fourth-order valence-corrected chi connectivity index (χ4v) is 4.13. The summed E-state index contributed by atoms with van der Waals surface area (Å²) >= 11 is 0.